The van der Waals surface area contributed by atoms with Gasteiger partial charge in [-0.2, -0.15) is 0 Å². The average molecular weight is 402 g/mol. The summed E-state index contributed by atoms with van der Waals surface area (Å²) in [4.78, 5) is 29.0. The second kappa shape index (κ2) is 8.01. The van der Waals surface area contributed by atoms with Gasteiger partial charge in [-0.25, -0.2) is 15.0 Å². The molecule has 1 unspecified atom stereocenters. The Morgan fingerprint density at radius 2 is 1.73 bits per heavy atom. The number of piperidine rings is 1. The zero-order valence-electron chi connectivity index (χ0n) is 17.1. The van der Waals surface area contributed by atoms with Gasteiger partial charge in [0.05, 0.1) is 5.39 Å². The van der Waals surface area contributed by atoms with Gasteiger partial charge in [-0.15, -0.1) is 0 Å². The summed E-state index contributed by atoms with van der Waals surface area (Å²) in [5.41, 5.74) is 8.74. The van der Waals surface area contributed by atoms with Gasteiger partial charge in [0.1, 0.15) is 5.82 Å². The normalized spacial score (nSPS) is 20.0. The SMILES string of the molecule is Nc1nc(-c2ccccc2)nc2nc(C3CCCN(C(=O)C4CCCC4)C3)ccc12. The first-order valence-corrected chi connectivity index (χ1v) is 11.0. The number of nitrogens with two attached hydrogens (primary N) is 1. The highest BCUT2D eigenvalue weighted by Crippen LogP contribution is 2.32. The van der Waals surface area contributed by atoms with Gasteiger partial charge in [-0.05, 0) is 37.8 Å². The van der Waals surface area contributed by atoms with Crippen molar-refractivity contribution in [1.82, 2.24) is 19.9 Å². The molecule has 5 rings (SSSR count). The molecule has 1 saturated carbocycles. The van der Waals surface area contributed by atoms with E-state index in [0.29, 0.717) is 23.2 Å². The molecule has 1 aromatic carbocycles. The van der Waals surface area contributed by atoms with Crippen molar-refractivity contribution in [3.05, 3.63) is 48.2 Å². The van der Waals surface area contributed by atoms with Crippen LogP contribution < -0.4 is 5.73 Å². The third kappa shape index (κ3) is 3.62. The zero-order chi connectivity index (χ0) is 20.5. The predicted molar refractivity (Wildman–Crippen MR) is 118 cm³/mol. The number of aromatic nitrogens is 3. The number of fused-ring (bicyclic) bond motifs is 1. The van der Waals surface area contributed by atoms with E-state index in [1.54, 1.807) is 0 Å². The molecule has 1 atom stereocenters. The first kappa shape index (κ1) is 19.0. The van der Waals surface area contributed by atoms with E-state index in [-0.39, 0.29) is 11.8 Å². The summed E-state index contributed by atoms with van der Waals surface area (Å²) in [6.07, 6.45) is 6.53. The van der Waals surface area contributed by atoms with Crippen LogP contribution in [0.5, 0.6) is 0 Å². The van der Waals surface area contributed by atoms with E-state index in [9.17, 15) is 4.79 Å². The number of benzene rings is 1. The van der Waals surface area contributed by atoms with Crippen LogP contribution in [0.4, 0.5) is 5.82 Å². The fourth-order valence-corrected chi connectivity index (χ4v) is 4.84. The molecule has 154 valence electrons. The van der Waals surface area contributed by atoms with Crippen molar-refractivity contribution in [3.8, 4) is 11.4 Å². The molecule has 1 aliphatic heterocycles. The summed E-state index contributed by atoms with van der Waals surface area (Å²) < 4.78 is 0. The number of pyridine rings is 1. The number of rotatable bonds is 3. The maximum absolute atomic E-state index is 12.9. The Morgan fingerprint density at radius 1 is 0.933 bits per heavy atom. The highest BCUT2D eigenvalue weighted by Gasteiger charge is 2.31. The minimum atomic E-state index is 0.231. The van der Waals surface area contributed by atoms with Gasteiger partial charge < -0.3 is 10.6 Å². The van der Waals surface area contributed by atoms with E-state index in [2.05, 4.69) is 9.88 Å². The minimum Gasteiger partial charge on any atom is -0.383 e. The van der Waals surface area contributed by atoms with Crippen molar-refractivity contribution in [2.75, 3.05) is 18.8 Å². The number of anilines is 1. The monoisotopic (exact) mass is 401 g/mol. The Labute approximate surface area is 176 Å². The third-order valence-corrected chi connectivity index (χ3v) is 6.50. The van der Waals surface area contributed by atoms with Crippen molar-refractivity contribution in [3.63, 3.8) is 0 Å². The molecule has 3 aromatic rings. The van der Waals surface area contributed by atoms with Crippen molar-refractivity contribution >= 4 is 22.8 Å². The smallest absolute Gasteiger partial charge is 0.225 e. The number of hydrogen-bond acceptors (Lipinski definition) is 5. The number of hydrogen-bond donors (Lipinski definition) is 1. The Morgan fingerprint density at radius 3 is 2.53 bits per heavy atom. The van der Waals surface area contributed by atoms with Crippen LogP contribution >= 0.6 is 0 Å². The molecule has 2 fully saturated rings. The van der Waals surface area contributed by atoms with E-state index in [1.165, 1.54) is 12.8 Å². The van der Waals surface area contributed by atoms with E-state index in [4.69, 9.17) is 15.7 Å². The zero-order valence-corrected chi connectivity index (χ0v) is 17.1. The van der Waals surface area contributed by atoms with Crippen molar-refractivity contribution < 1.29 is 4.79 Å². The lowest BCUT2D eigenvalue weighted by Gasteiger charge is -2.34. The van der Waals surface area contributed by atoms with Gasteiger partial charge in [-0.3, -0.25) is 4.79 Å². The molecule has 2 N–H and O–H groups in total. The predicted octanol–water partition coefficient (Wildman–Crippen LogP) is 4.17. The number of carbonyl (C=O) groups excluding carboxylic acids is 1. The van der Waals surface area contributed by atoms with Crippen molar-refractivity contribution in [2.45, 2.75) is 44.4 Å². The van der Waals surface area contributed by atoms with Crippen LogP contribution in [0.25, 0.3) is 22.4 Å². The van der Waals surface area contributed by atoms with Gasteiger partial charge in [-0.1, -0.05) is 43.2 Å². The van der Waals surface area contributed by atoms with Crippen molar-refractivity contribution in [1.29, 1.82) is 0 Å². The van der Waals surface area contributed by atoms with Crippen molar-refractivity contribution in [2.24, 2.45) is 5.92 Å². The molecule has 3 heterocycles. The highest BCUT2D eigenvalue weighted by atomic mass is 16.2. The molecule has 6 heteroatoms. The maximum atomic E-state index is 12.9. The van der Waals surface area contributed by atoms with E-state index >= 15 is 0 Å². The molecule has 2 aliphatic rings. The Balaban J connectivity index is 1.43. The topological polar surface area (TPSA) is 85.0 Å². The number of likely N-dealkylation sites (tertiary alicyclic amines) is 1. The Bertz CT molecular complexity index is 1060. The summed E-state index contributed by atoms with van der Waals surface area (Å²) in [5, 5.41) is 0.771. The number of nitrogen functional groups attached to an aromatic ring is 1. The van der Waals surface area contributed by atoms with E-state index in [1.807, 2.05) is 42.5 Å². The molecule has 2 aromatic heterocycles. The molecule has 0 radical (unpaired) electrons. The quantitative estimate of drug-likeness (QED) is 0.712. The van der Waals surface area contributed by atoms with Crippen LogP contribution in [0, 0.1) is 5.92 Å². The second-order valence-corrected chi connectivity index (χ2v) is 8.51. The third-order valence-electron chi connectivity index (χ3n) is 6.50. The second-order valence-electron chi connectivity index (χ2n) is 8.51. The van der Waals surface area contributed by atoms with E-state index < -0.39 is 0 Å². The summed E-state index contributed by atoms with van der Waals surface area (Å²) >= 11 is 0. The summed E-state index contributed by atoms with van der Waals surface area (Å²) in [5.74, 6) is 1.85. The summed E-state index contributed by atoms with van der Waals surface area (Å²) in [6, 6.07) is 13.8. The summed E-state index contributed by atoms with van der Waals surface area (Å²) in [7, 11) is 0. The maximum Gasteiger partial charge on any atom is 0.225 e. The lowest BCUT2D eigenvalue weighted by molar-refractivity contribution is -0.136. The largest absolute Gasteiger partial charge is 0.383 e. The fraction of sp³-hybridized carbons (Fsp3) is 0.417. The van der Waals surface area contributed by atoms with Gasteiger partial charge in [0.25, 0.3) is 0 Å². The Hall–Kier alpha value is -3.02. The first-order valence-electron chi connectivity index (χ1n) is 11.0. The fourth-order valence-electron chi connectivity index (χ4n) is 4.84. The lowest BCUT2D eigenvalue weighted by Crippen LogP contribution is -2.42. The molecule has 1 aliphatic carbocycles. The molecule has 0 spiro atoms. The number of carbonyl (C=O) groups is 1. The molecule has 6 nitrogen and oxygen atoms in total. The molecular formula is C24H27N5O. The Kier molecular flexibility index (Phi) is 5.07. The van der Waals surface area contributed by atoms with Gasteiger partial charge in [0.2, 0.25) is 5.91 Å². The average Bonchev–Trinajstić information content (AvgIpc) is 3.34. The molecule has 1 saturated heterocycles. The van der Waals surface area contributed by atoms with Gasteiger partial charge >= 0.3 is 0 Å². The van der Waals surface area contributed by atoms with Crippen LogP contribution in [0.3, 0.4) is 0 Å². The van der Waals surface area contributed by atoms with Gasteiger partial charge in [0, 0.05) is 36.2 Å². The van der Waals surface area contributed by atoms with Crippen LogP contribution in [0.15, 0.2) is 42.5 Å². The van der Waals surface area contributed by atoms with Crippen LogP contribution in [0.1, 0.15) is 50.1 Å². The van der Waals surface area contributed by atoms with Crippen LogP contribution in [-0.2, 0) is 4.79 Å². The molecule has 30 heavy (non-hydrogen) atoms. The van der Waals surface area contributed by atoms with E-state index in [0.717, 1.165) is 55.4 Å². The number of nitrogens with zero attached hydrogens (tertiary/aromatic N) is 4. The van der Waals surface area contributed by atoms with Crippen LogP contribution in [0.2, 0.25) is 0 Å². The highest BCUT2D eigenvalue weighted by molar-refractivity contribution is 5.87. The molecule has 0 bridgehead atoms. The van der Waals surface area contributed by atoms with Gasteiger partial charge in [0.15, 0.2) is 11.5 Å². The molecular weight excluding hydrogens is 374 g/mol. The minimum absolute atomic E-state index is 0.231. The standard InChI is InChI=1S/C24H27N5O/c25-21-19-12-13-20(26-23(19)28-22(27-21)16-7-2-1-3-8-16)18-11-6-14-29(15-18)24(30)17-9-4-5-10-17/h1-3,7-8,12-13,17-18H,4-6,9-11,14-15H2,(H2,25,26,27,28). The summed E-state index contributed by atoms with van der Waals surface area (Å²) in [6.45, 7) is 1.62. The first-order chi connectivity index (χ1) is 14.7. The number of amides is 1. The lowest BCUT2D eigenvalue weighted by atomic mass is 9.92. The van der Waals surface area contributed by atoms with Crippen LogP contribution in [-0.4, -0.2) is 38.8 Å². The molecule has 1 amide bonds.